The van der Waals surface area contributed by atoms with Crippen molar-refractivity contribution in [3.8, 4) is 0 Å². The van der Waals surface area contributed by atoms with E-state index in [1.807, 2.05) is 13.0 Å². The summed E-state index contributed by atoms with van der Waals surface area (Å²) in [7, 11) is -4.07. The van der Waals surface area contributed by atoms with Crippen LogP contribution in [0.1, 0.15) is 11.1 Å². The summed E-state index contributed by atoms with van der Waals surface area (Å²) in [6, 6.07) is 14.9. The Morgan fingerprint density at radius 1 is 1.10 bits per heavy atom. The molecule has 0 amide bonds. The van der Waals surface area contributed by atoms with Crippen LogP contribution in [0.25, 0.3) is 0 Å². The van der Waals surface area contributed by atoms with Crippen molar-refractivity contribution in [3.63, 3.8) is 0 Å². The molecule has 0 fully saturated rings. The number of hydrogen-bond acceptors (Lipinski definition) is 5. The van der Waals surface area contributed by atoms with E-state index in [1.165, 1.54) is 12.1 Å². The standard InChI is InChI=1S/C14H14N2O4S/c1-12-7-9-14(10-8-12)21(18,19)20-15-16(17)11-13-5-3-2-4-6-13/h2-10H,11H2,1H3/b16-15-. The zero-order valence-electron chi connectivity index (χ0n) is 11.3. The number of hydrogen-bond donors (Lipinski definition) is 0. The molecule has 0 aliphatic carbocycles. The molecule has 0 unspecified atom stereocenters. The number of nitrogens with zero attached hydrogens (tertiary/aromatic N) is 2. The maximum absolute atomic E-state index is 11.8. The van der Waals surface area contributed by atoms with Crippen molar-refractivity contribution < 1.29 is 17.6 Å². The van der Waals surface area contributed by atoms with Crippen LogP contribution in [0.5, 0.6) is 0 Å². The third-order valence-corrected chi connectivity index (χ3v) is 3.81. The van der Waals surface area contributed by atoms with Gasteiger partial charge in [-0.1, -0.05) is 52.9 Å². The molecule has 0 saturated heterocycles. The maximum Gasteiger partial charge on any atom is 0.363 e. The Morgan fingerprint density at radius 2 is 1.71 bits per heavy atom. The van der Waals surface area contributed by atoms with Crippen molar-refractivity contribution in [1.29, 1.82) is 0 Å². The highest BCUT2D eigenvalue weighted by molar-refractivity contribution is 7.86. The maximum atomic E-state index is 11.8. The van der Waals surface area contributed by atoms with Gasteiger partial charge in [-0.05, 0) is 19.1 Å². The van der Waals surface area contributed by atoms with Crippen molar-refractivity contribution in [3.05, 3.63) is 70.9 Å². The van der Waals surface area contributed by atoms with Crippen molar-refractivity contribution >= 4 is 10.1 Å². The highest BCUT2D eigenvalue weighted by Gasteiger charge is 2.17. The van der Waals surface area contributed by atoms with E-state index in [4.69, 9.17) is 0 Å². The Hall–Kier alpha value is -2.41. The van der Waals surface area contributed by atoms with Gasteiger partial charge >= 0.3 is 10.1 Å². The quantitative estimate of drug-likeness (QED) is 0.483. The summed E-state index contributed by atoms with van der Waals surface area (Å²) in [5.74, 6) is 0. The van der Waals surface area contributed by atoms with Crippen molar-refractivity contribution in [2.24, 2.45) is 5.28 Å². The van der Waals surface area contributed by atoms with Crippen LogP contribution in [-0.2, 0) is 20.9 Å². The topological polar surface area (TPSA) is 81.8 Å². The summed E-state index contributed by atoms with van der Waals surface area (Å²) in [5.41, 5.74) is 1.62. The first-order chi connectivity index (χ1) is 9.97. The van der Waals surface area contributed by atoms with Crippen LogP contribution in [-0.4, -0.2) is 13.3 Å². The molecular weight excluding hydrogens is 292 g/mol. The molecule has 0 aliphatic rings. The highest BCUT2D eigenvalue weighted by atomic mass is 32.2. The molecule has 0 radical (unpaired) electrons. The second-order valence-corrected chi connectivity index (χ2v) is 5.95. The Kier molecular flexibility index (Phi) is 4.54. The van der Waals surface area contributed by atoms with Gasteiger partial charge in [-0.25, -0.2) is 4.28 Å². The van der Waals surface area contributed by atoms with Gasteiger partial charge in [0, 0.05) is 5.56 Å². The Balaban J connectivity index is 2.06. The molecule has 0 saturated carbocycles. The van der Waals surface area contributed by atoms with E-state index in [9.17, 15) is 13.6 Å². The molecule has 0 N–H and O–H groups in total. The molecule has 0 atom stereocenters. The van der Waals surface area contributed by atoms with Crippen LogP contribution >= 0.6 is 0 Å². The van der Waals surface area contributed by atoms with Crippen molar-refractivity contribution in [1.82, 2.24) is 0 Å². The number of benzene rings is 2. The summed E-state index contributed by atoms with van der Waals surface area (Å²) in [5, 5.41) is 14.6. The Morgan fingerprint density at radius 3 is 2.33 bits per heavy atom. The van der Waals surface area contributed by atoms with E-state index >= 15 is 0 Å². The second-order valence-electron chi connectivity index (χ2n) is 4.42. The van der Waals surface area contributed by atoms with Gasteiger partial charge in [-0.15, -0.1) is 0 Å². The summed E-state index contributed by atoms with van der Waals surface area (Å²) in [6.45, 7) is 1.74. The lowest BCUT2D eigenvalue weighted by Gasteiger charge is -2.02. The van der Waals surface area contributed by atoms with E-state index in [0.29, 0.717) is 5.56 Å². The molecule has 0 aromatic heterocycles. The number of rotatable bonds is 5. The molecule has 2 aromatic carbocycles. The van der Waals surface area contributed by atoms with Gasteiger partial charge in [-0.2, -0.15) is 8.42 Å². The van der Waals surface area contributed by atoms with Crippen LogP contribution in [0.15, 0.2) is 64.8 Å². The molecule has 110 valence electrons. The van der Waals surface area contributed by atoms with Crippen molar-refractivity contribution in [2.75, 3.05) is 0 Å². The summed E-state index contributed by atoms with van der Waals surface area (Å²) in [6.07, 6.45) is 0. The molecule has 0 spiro atoms. The summed E-state index contributed by atoms with van der Waals surface area (Å²) < 4.78 is 28.0. The second kappa shape index (κ2) is 6.36. The average Bonchev–Trinajstić information content (AvgIpc) is 2.47. The molecule has 0 bridgehead atoms. The first-order valence-corrected chi connectivity index (χ1v) is 7.58. The van der Waals surface area contributed by atoms with E-state index in [1.54, 1.807) is 36.4 Å². The Labute approximate surface area is 123 Å². The third-order valence-electron chi connectivity index (χ3n) is 2.69. The third kappa shape index (κ3) is 4.28. The van der Waals surface area contributed by atoms with Crippen LogP contribution in [0.4, 0.5) is 0 Å². The molecule has 2 aromatic rings. The number of hydroxylamine groups is 1. The van der Waals surface area contributed by atoms with Gasteiger partial charge in [0.15, 0.2) is 0 Å². The average molecular weight is 306 g/mol. The molecule has 2 rings (SSSR count). The molecule has 7 heteroatoms. The van der Waals surface area contributed by atoms with Gasteiger partial charge in [0.1, 0.15) is 4.90 Å². The monoisotopic (exact) mass is 306 g/mol. The lowest BCUT2D eigenvalue weighted by atomic mass is 10.2. The van der Waals surface area contributed by atoms with Gasteiger partial charge in [0.2, 0.25) is 11.8 Å². The fourth-order valence-corrected chi connectivity index (χ4v) is 2.32. The Bertz CT molecular complexity index is 725. The van der Waals surface area contributed by atoms with Crippen LogP contribution < -0.4 is 0 Å². The van der Waals surface area contributed by atoms with Crippen LogP contribution in [0.3, 0.4) is 0 Å². The van der Waals surface area contributed by atoms with Crippen molar-refractivity contribution in [2.45, 2.75) is 18.4 Å². The van der Waals surface area contributed by atoms with Gasteiger partial charge in [0.05, 0.1) is 0 Å². The summed E-state index contributed by atoms with van der Waals surface area (Å²) >= 11 is 0. The van der Waals surface area contributed by atoms with E-state index in [0.717, 1.165) is 5.56 Å². The first kappa shape index (κ1) is 15.0. The predicted octanol–water partition coefficient (Wildman–Crippen LogP) is 2.78. The van der Waals surface area contributed by atoms with Gasteiger partial charge in [-0.3, -0.25) is 0 Å². The molecule has 0 aliphatic heterocycles. The zero-order valence-corrected chi connectivity index (χ0v) is 12.2. The molecule has 6 nitrogen and oxygen atoms in total. The SMILES string of the molecule is Cc1ccc(S(=O)(=O)O/N=[N+](\[O-])Cc2ccccc2)cc1. The molecule has 0 heterocycles. The smallest absolute Gasteiger partial charge is 0.363 e. The lowest BCUT2D eigenvalue weighted by Crippen LogP contribution is -2.07. The first-order valence-electron chi connectivity index (χ1n) is 6.17. The minimum Gasteiger partial charge on any atom is -0.597 e. The van der Waals surface area contributed by atoms with Gasteiger partial charge < -0.3 is 5.21 Å². The van der Waals surface area contributed by atoms with Gasteiger partial charge in [0.25, 0.3) is 0 Å². The van der Waals surface area contributed by atoms with E-state index < -0.39 is 10.1 Å². The lowest BCUT2D eigenvalue weighted by molar-refractivity contribution is -0.567. The predicted molar refractivity (Wildman–Crippen MR) is 75.7 cm³/mol. The minimum atomic E-state index is -4.07. The summed E-state index contributed by atoms with van der Waals surface area (Å²) in [4.78, 5) is 0.131. The van der Waals surface area contributed by atoms with E-state index in [-0.39, 0.29) is 16.3 Å². The highest BCUT2D eigenvalue weighted by Crippen LogP contribution is 2.13. The largest absolute Gasteiger partial charge is 0.597 e. The normalized spacial score (nSPS) is 12.1. The minimum absolute atomic E-state index is 0.0510. The fourth-order valence-electron chi connectivity index (χ4n) is 1.60. The molecule has 21 heavy (non-hydrogen) atoms. The van der Waals surface area contributed by atoms with E-state index in [2.05, 4.69) is 9.56 Å². The fraction of sp³-hybridized carbons (Fsp3) is 0.143. The zero-order chi connectivity index (χ0) is 15.3. The van der Waals surface area contributed by atoms with Crippen LogP contribution in [0.2, 0.25) is 0 Å². The van der Waals surface area contributed by atoms with Crippen LogP contribution in [0, 0.1) is 12.1 Å². The molecular formula is C14H14N2O4S. The number of aryl methyl sites for hydroxylation is 1.